The molecule has 0 radical (unpaired) electrons. The van der Waals surface area contributed by atoms with E-state index in [2.05, 4.69) is 4.72 Å². The Bertz CT molecular complexity index is 566. The predicted octanol–water partition coefficient (Wildman–Crippen LogP) is 2.06. The average Bonchev–Trinajstić information content (AvgIpc) is 2.91. The highest BCUT2D eigenvalue weighted by Crippen LogP contribution is 2.35. The number of nitrogens with one attached hydrogen (secondary N) is 1. The lowest BCUT2D eigenvalue weighted by molar-refractivity contribution is 0.315. The van der Waals surface area contributed by atoms with Gasteiger partial charge in [-0.1, -0.05) is 6.92 Å². The summed E-state index contributed by atoms with van der Waals surface area (Å²) in [7, 11) is -3.27. The summed E-state index contributed by atoms with van der Waals surface area (Å²) in [6.45, 7) is 3.46. The molecule has 5 nitrogen and oxygen atoms in total. The smallest absolute Gasteiger partial charge is 0.246 e. The van der Waals surface area contributed by atoms with E-state index >= 15 is 0 Å². The first-order valence-electron chi connectivity index (χ1n) is 7.83. The Morgan fingerprint density at radius 1 is 1.29 bits per heavy atom. The van der Waals surface area contributed by atoms with Crippen molar-refractivity contribution in [2.45, 2.75) is 51.4 Å². The molecule has 0 amide bonds. The lowest BCUT2D eigenvalue weighted by atomic mass is 9.99. The molecule has 1 N–H and O–H groups in total. The summed E-state index contributed by atoms with van der Waals surface area (Å²) in [6, 6.07) is 0. The van der Waals surface area contributed by atoms with Crippen molar-refractivity contribution >= 4 is 21.5 Å². The fourth-order valence-electron chi connectivity index (χ4n) is 3.16. The maximum atomic E-state index is 12.0. The van der Waals surface area contributed by atoms with E-state index in [1.54, 1.807) is 4.31 Å². The average molecular weight is 329 g/mol. The first kappa shape index (κ1) is 15.4. The van der Waals surface area contributed by atoms with E-state index in [1.165, 1.54) is 34.8 Å². The van der Waals surface area contributed by atoms with Crippen LogP contribution < -0.4 is 4.72 Å². The Morgan fingerprint density at radius 3 is 2.67 bits per heavy atom. The molecule has 21 heavy (non-hydrogen) atoms. The maximum absolute atomic E-state index is 12.0. The zero-order valence-corrected chi connectivity index (χ0v) is 14.1. The van der Waals surface area contributed by atoms with Crippen molar-refractivity contribution in [2.24, 2.45) is 0 Å². The second-order valence-corrected chi connectivity index (χ2v) is 8.68. The first-order chi connectivity index (χ1) is 10.1. The molecule has 1 aliphatic heterocycles. The number of aryl methyl sites for hydroxylation is 2. The standard InChI is InChI=1S/C14H23N3O2S2/c1-2-15-21(18,19)17-9-7-11(8-10-17)14-16-12-5-3-4-6-13(12)20-14/h11,15H,2-10H2,1H3. The van der Waals surface area contributed by atoms with Crippen LogP contribution in [0.1, 0.15) is 54.1 Å². The Labute approximate surface area is 130 Å². The minimum Gasteiger partial charge on any atom is -0.246 e. The molecule has 0 spiro atoms. The van der Waals surface area contributed by atoms with Crippen molar-refractivity contribution in [3.63, 3.8) is 0 Å². The highest BCUT2D eigenvalue weighted by atomic mass is 32.2. The number of thiazole rings is 1. The Hall–Kier alpha value is -0.500. The molecule has 3 rings (SSSR count). The molecular weight excluding hydrogens is 306 g/mol. The quantitative estimate of drug-likeness (QED) is 0.920. The van der Waals surface area contributed by atoms with Gasteiger partial charge < -0.3 is 0 Å². The van der Waals surface area contributed by atoms with Crippen LogP contribution >= 0.6 is 11.3 Å². The van der Waals surface area contributed by atoms with E-state index in [9.17, 15) is 8.42 Å². The topological polar surface area (TPSA) is 62.3 Å². The summed E-state index contributed by atoms with van der Waals surface area (Å²) >= 11 is 1.87. The fraction of sp³-hybridized carbons (Fsp3) is 0.786. The van der Waals surface area contributed by atoms with Crippen LogP contribution in [-0.4, -0.2) is 37.3 Å². The van der Waals surface area contributed by atoms with Crippen LogP contribution in [0.3, 0.4) is 0 Å². The van der Waals surface area contributed by atoms with Crippen molar-refractivity contribution in [1.82, 2.24) is 14.0 Å². The molecule has 0 aromatic carbocycles. The fourth-order valence-corrected chi connectivity index (χ4v) is 5.72. The zero-order chi connectivity index (χ0) is 14.9. The molecule has 7 heteroatoms. The third-order valence-corrected chi connectivity index (χ3v) is 7.35. The predicted molar refractivity (Wildman–Crippen MR) is 84.9 cm³/mol. The normalized spacial score (nSPS) is 21.4. The van der Waals surface area contributed by atoms with E-state index in [4.69, 9.17) is 4.98 Å². The van der Waals surface area contributed by atoms with E-state index < -0.39 is 10.2 Å². The molecule has 2 aliphatic rings. The lowest BCUT2D eigenvalue weighted by Gasteiger charge is -2.30. The van der Waals surface area contributed by atoms with Gasteiger partial charge in [0.25, 0.3) is 10.2 Å². The van der Waals surface area contributed by atoms with Crippen LogP contribution in [-0.2, 0) is 23.1 Å². The summed E-state index contributed by atoms with van der Waals surface area (Å²) in [4.78, 5) is 6.30. The molecule has 1 fully saturated rings. The van der Waals surface area contributed by atoms with Gasteiger partial charge in [0.15, 0.2) is 0 Å². The van der Waals surface area contributed by atoms with Crippen LogP contribution in [0, 0.1) is 0 Å². The van der Waals surface area contributed by atoms with Gasteiger partial charge in [0.1, 0.15) is 0 Å². The highest BCUT2D eigenvalue weighted by Gasteiger charge is 2.30. The lowest BCUT2D eigenvalue weighted by Crippen LogP contribution is -2.44. The monoisotopic (exact) mass is 329 g/mol. The maximum Gasteiger partial charge on any atom is 0.279 e. The SMILES string of the molecule is CCNS(=O)(=O)N1CCC(c2nc3c(s2)CCCC3)CC1. The third-order valence-electron chi connectivity index (χ3n) is 4.33. The van der Waals surface area contributed by atoms with Crippen molar-refractivity contribution < 1.29 is 8.42 Å². The van der Waals surface area contributed by atoms with E-state index in [0.29, 0.717) is 25.6 Å². The summed E-state index contributed by atoms with van der Waals surface area (Å²) in [5.74, 6) is 0.439. The van der Waals surface area contributed by atoms with Gasteiger partial charge in [-0.25, -0.2) is 9.71 Å². The van der Waals surface area contributed by atoms with Crippen LogP contribution in [0.15, 0.2) is 0 Å². The third kappa shape index (κ3) is 3.31. The minimum atomic E-state index is -3.27. The zero-order valence-electron chi connectivity index (χ0n) is 12.5. The van der Waals surface area contributed by atoms with Gasteiger partial charge in [0.2, 0.25) is 0 Å². The number of rotatable bonds is 4. The number of piperidine rings is 1. The van der Waals surface area contributed by atoms with Gasteiger partial charge in [-0.3, -0.25) is 0 Å². The molecule has 2 heterocycles. The molecule has 118 valence electrons. The second-order valence-electron chi connectivity index (χ2n) is 5.81. The van der Waals surface area contributed by atoms with E-state index in [-0.39, 0.29) is 0 Å². The number of aromatic nitrogens is 1. The van der Waals surface area contributed by atoms with Crippen LogP contribution in [0.5, 0.6) is 0 Å². The van der Waals surface area contributed by atoms with Crippen molar-refractivity contribution in [3.8, 4) is 0 Å². The first-order valence-corrected chi connectivity index (χ1v) is 10.1. The Morgan fingerprint density at radius 2 is 2.00 bits per heavy atom. The summed E-state index contributed by atoms with van der Waals surface area (Å²) < 4.78 is 28.1. The molecule has 1 aliphatic carbocycles. The van der Waals surface area contributed by atoms with Gasteiger partial charge in [-0.2, -0.15) is 12.7 Å². The highest BCUT2D eigenvalue weighted by molar-refractivity contribution is 7.87. The number of hydrogen-bond donors (Lipinski definition) is 1. The summed E-state index contributed by atoms with van der Waals surface area (Å²) in [5, 5.41) is 1.24. The Balaban J connectivity index is 1.64. The second kappa shape index (κ2) is 6.32. The van der Waals surface area contributed by atoms with Crippen molar-refractivity contribution in [3.05, 3.63) is 15.6 Å². The van der Waals surface area contributed by atoms with Gasteiger partial charge in [-0.05, 0) is 38.5 Å². The molecule has 1 aromatic heterocycles. The van der Waals surface area contributed by atoms with Gasteiger partial charge in [0.05, 0.1) is 10.7 Å². The van der Waals surface area contributed by atoms with Gasteiger partial charge in [0, 0.05) is 30.4 Å². The van der Waals surface area contributed by atoms with Gasteiger partial charge >= 0.3 is 0 Å². The van der Waals surface area contributed by atoms with Gasteiger partial charge in [-0.15, -0.1) is 11.3 Å². The molecule has 0 atom stereocenters. The van der Waals surface area contributed by atoms with Crippen molar-refractivity contribution in [2.75, 3.05) is 19.6 Å². The number of hydrogen-bond acceptors (Lipinski definition) is 4. The molecule has 0 bridgehead atoms. The Kier molecular flexibility index (Phi) is 4.63. The van der Waals surface area contributed by atoms with E-state index in [1.807, 2.05) is 18.3 Å². The number of fused-ring (bicyclic) bond motifs is 1. The minimum absolute atomic E-state index is 0.439. The van der Waals surface area contributed by atoms with Crippen LogP contribution in [0.2, 0.25) is 0 Å². The summed E-state index contributed by atoms with van der Waals surface area (Å²) in [6.07, 6.45) is 6.62. The van der Waals surface area contributed by atoms with E-state index in [0.717, 1.165) is 19.3 Å². The molecule has 0 saturated carbocycles. The number of nitrogens with zero attached hydrogens (tertiary/aromatic N) is 2. The summed E-state index contributed by atoms with van der Waals surface area (Å²) in [5.41, 5.74) is 1.31. The molecular formula is C14H23N3O2S2. The molecule has 1 aromatic rings. The van der Waals surface area contributed by atoms with Crippen LogP contribution in [0.25, 0.3) is 0 Å². The largest absolute Gasteiger partial charge is 0.279 e. The van der Waals surface area contributed by atoms with Crippen molar-refractivity contribution in [1.29, 1.82) is 0 Å². The molecule has 1 saturated heterocycles. The van der Waals surface area contributed by atoms with Crippen LogP contribution in [0.4, 0.5) is 0 Å². The molecule has 0 unspecified atom stereocenters.